The van der Waals surface area contributed by atoms with Crippen LogP contribution in [0.5, 0.6) is 0 Å². The Labute approximate surface area is 64.5 Å². The van der Waals surface area contributed by atoms with E-state index in [1.807, 2.05) is 6.07 Å². The largest absolute Gasteiger partial charge is 0.465 e. The van der Waals surface area contributed by atoms with Crippen LogP contribution in [-0.2, 0) is 6.54 Å². The van der Waals surface area contributed by atoms with E-state index in [9.17, 15) is 4.79 Å². The SMILES string of the molecule is CN(Cc1cc[nH]c1)C(=O)O. The van der Waals surface area contributed by atoms with Gasteiger partial charge in [-0.15, -0.1) is 0 Å². The molecule has 0 aliphatic heterocycles. The van der Waals surface area contributed by atoms with Crippen LogP contribution in [0, 0.1) is 0 Å². The summed E-state index contributed by atoms with van der Waals surface area (Å²) in [7, 11) is 1.54. The van der Waals surface area contributed by atoms with E-state index in [1.54, 1.807) is 12.4 Å². The van der Waals surface area contributed by atoms with Crippen molar-refractivity contribution in [1.82, 2.24) is 9.88 Å². The molecule has 1 heterocycles. The van der Waals surface area contributed by atoms with Crippen LogP contribution in [0.2, 0.25) is 0 Å². The molecule has 0 saturated heterocycles. The lowest BCUT2D eigenvalue weighted by atomic mass is 10.3. The molecule has 1 aromatic rings. The maximum Gasteiger partial charge on any atom is 0.407 e. The van der Waals surface area contributed by atoms with Crippen LogP contribution in [0.3, 0.4) is 0 Å². The van der Waals surface area contributed by atoms with Gasteiger partial charge in [0.15, 0.2) is 0 Å². The van der Waals surface area contributed by atoms with Crippen molar-refractivity contribution in [2.75, 3.05) is 7.05 Å². The number of amides is 1. The quantitative estimate of drug-likeness (QED) is 0.670. The van der Waals surface area contributed by atoms with Crippen molar-refractivity contribution in [1.29, 1.82) is 0 Å². The molecule has 0 aliphatic carbocycles. The third-order valence-electron chi connectivity index (χ3n) is 1.41. The number of nitrogens with one attached hydrogen (secondary N) is 1. The molecule has 60 valence electrons. The Morgan fingerprint density at radius 3 is 3.00 bits per heavy atom. The van der Waals surface area contributed by atoms with Crippen molar-refractivity contribution in [2.45, 2.75) is 6.54 Å². The molecule has 0 unspecified atom stereocenters. The first-order valence-electron chi connectivity index (χ1n) is 3.26. The van der Waals surface area contributed by atoms with Crippen molar-refractivity contribution in [3.05, 3.63) is 24.0 Å². The molecule has 2 N–H and O–H groups in total. The van der Waals surface area contributed by atoms with Gasteiger partial charge in [0.05, 0.1) is 6.54 Å². The molecule has 4 heteroatoms. The molecule has 0 radical (unpaired) electrons. The number of hydrogen-bond acceptors (Lipinski definition) is 1. The van der Waals surface area contributed by atoms with E-state index < -0.39 is 6.09 Å². The summed E-state index contributed by atoms with van der Waals surface area (Å²) in [6, 6.07) is 1.85. The molecule has 11 heavy (non-hydrogen) atoms. The number of H-pyrrole nitrogens is 1. The number of rotatable bonds is 2. The number of nitrogens with zero attached hydrogens (tertiary/aromatic N) is 1. The van der Waals surface area contributed by atoms with Gasteiger partial charge in [-0.3, -0.25) is 0 Å². The standard InChI is InChI=1S/C7H10N2O2/c1-9(7(10)11)5-6-2-3-8-4-6/h2-4,8H,5H2,1H3,(H,10,11). The second-order valence-corrected chi connectivity index (χ2v) is 2.36. The average Bonchev–Trinajstić information content (AvgIpc) is 2.39. The summed E-state index contributed by atoms with van der Waals surface area (Å²) in [6.45, 7) is 0.429. The number of carbonyl (C=O) groups is 1. The van der Waals surface area contributed by atoms with Crippen LogP contribution in [0.1, 0.15) is 5.56 Å². The highest BCUT2D eigenvalue weighted by Gasteiger charge is 2.04. The summed E-state index contributed by atoms with van der Waals surface area (Å²) in [5.41, 5.74) is 0.968. The van der Waals surface area contributed by atoms with Crippen LogP contribution in [0.4, 0.5) is 4.79 Å². The highest BCUT2D eigenvalue weighted by Crippen LogP contribution is 2.00. The highest BCUT2D eigenvalue weighted by atomic mass is 16.4. The van der Waals surface area contributed by atoms with Crippen LogP contribution in [0.25, 0.3) is 0 Å². The fourth-order valence-corrected chi connectivity index (χ4v) is 0.798. The molecule has 0 spiro atoms. The van der Waals surface area contributed by atoms with Gasteiger partial charge >= 0.3 is 6.09 Å². The maximum absolute atomic E-state index is 10.3. The molecule has 0 aliphatic rings. The van der Waals surface area contributed by atoms with E-state index >= 15 is 0 Å². The van der Waals surface area contributed by atoms with Crippen LogP contribution < -0.4 is 0 Å². The van der Waals surface area contributed by atoms with Gasteiger partial charge in [-0.2, -0.15) is 0 Å². The van der Waals surface area contributed by atoms with Crippen LogP contribution in [0.15, 0.2) is 18.5 Å². The lowest BCUT2D eigenvalue weighted by Crippen LogP contribution is -2.23. The number of carboxylic acid groups (broad SMARTS) is 1. The molecule has 0 bridgehead atoms. The van der Waals surface area contributed by atoms with E-state index in [1.165, 1.54) is 11.9 Å². The minimum absolute atomic E-state index is 0.429. The molecule has 4 nitrogen and oxygen atoms in total. The Morgan fingerprint density at radius 1 is 1.82 bits per heavy atom. The number of hydrogen-bond donors (Lipinski definition) is 2. The molecule has 0 fully saturated rings. The van der Waals surface area contributed by atoms with E-state index in [-0.39, 0.29) is 0 Å². The predicted octanol–water partition coefficient (Wildman–Crippen LogP) is 1.12. The normalized spacial score (nSPS) is 9.55. The average molecular weight is 154 g/mol. The summed E-state index contributed by atoms with van der Waals surface area (Å²) in [5, 5.41) is 8.50. The van der Waals surface area contributed by atoms with E-state index in [0.717, 1.165) is 5.56 Å². The summed E-state index contributed by atoms with van der Waals surface area (Å²) in [6.07, 6.45) is 2.64. The Balaban J connectivity index is 2.50. The van der Waals surface area contributed by atoms with Gasteiger partial charge in [-0.05, 0) is 11.6 Å². The second kappa shape index (κ2) is 3.09. The van der Waals surface area contributed by atoms with Crippen molar-refractivity contribution >= 4 is 6.09 Å². The summed E-state index contributed by atoms with van der Waals surface area (Å²) in [4.78, 5) is 14.4. The zero-order chi connectivity index (χ0) is 8.27. The number of aromatic nitrogens is 1. The molecule has 0 saturated carbocycles. The first kappa shape index (κ1) is 7.65. The van der Waals surface area contributed by atoms with Crippen LogP contribution in [-0.4, -0.2) is 28.1 Å². The van der Waals surface area contributed by atoms with E-state index in [2.05, 4.69) is 4.98 Å². The molecule has 0 atom stereocenters. The fraction of sp³-hybridized carbons (Fsp3) is 0.286. The molecule has 0 aromatic carbocycles. The van der Waals surface area contributed by atoms with Crippen molar-refractivity contribution in [3.63, 3.8) is 0 Å². The third-order valence-corrected chi connectivity index (χ3v) is 1.41. The van der Waals surface area contributed by atoms with Crippen molar-refractivity contribution < 1.29 is 9.90 Å². The monoisotopic (exact) mass is 154 g/mol. The van der Waals surface area contributed by atoms with Gasteiger partial charge in [0.2, 0.25) is 0 Å². The molecule has 1 rings (SSSR count). The summed E-state index contributed by atoms with van der Waals surface area (Å²) >= 11 is 0. The topological polar surface area (TPSA) is 56.3 Å². The zero-order valence-corrected chi connectivity index (χ0v) is 6.24. The minimum Gasteiger partial charge on any atom is -0.465 e. The molecular weight excluding hydrogens is 144 g/mol. The summed E-state index contributed by atoms with van der Waals surface area (Å²) < 4.78 is 0. The Bertz CT molecular complexity index is 231. The van der Waals surface area contributed by atoms with Gasteiger partial charge in [-0.25, -0.2) is 4.79 Å². The highest BCUT2D eigenvalue weighted by molar-refractivity contribution is 5.64. The van der Waals surface area contributed by atoms with Crippen molar-refractivity contribution in [2.24, 2.45) is 0 Å². The maximum atomic E-state index is 10.3. The van der Waals surface area contributed by atoms with E-state index in [4.69, 9.17) is 5.11 Å². The van der Waals surface area contributed by atoms with Crippen LogP contribution >= 0.6 is 0 Å². The lowest BCUT2D eigenvalue weighted by Gasteiger charge is -2.10. The van der Waals surface area contributed by atoms with E-state index in [0.29, 0.717) is 6.54 Å². The van der Waals surface area contributed by atoms with Gasteiger partial charge < -0.3 is 15.0 Å². The lowest BCUT2D eigenvalue weighted by molar-refractivity contribution is 0.154. The fourth-order valence-electron chi connectivity index (χ4n) is 0.798. The minimum atomic E-state index is -0.911. The van der Waals surface area contributed by atoms with Gasteiger partial charge in [0.1, 0.15) is 0 Å². The van der Waals surface area contributed by atoms with Gasteiger partial charge in [0, 0.05) is 19.4 Å². The first-order chi connectivity index (χ1) is 5.20. The van der Waals surface area contributed by atoms with Gasteiger partial charge in [0.25, 0.3) is 0 Å². The smallest absolute Gasteiger partial charge is 0.407 e. The second-order valence-electron chi connectivity index (χ2n) is 2.36. The van der Waals surface area contributed by atoms with Crippen molar-refractivity contribution in [3.8, 4) is 0 Å². The Morgan fingerprint density at radius 2 is 2.55 bits per heavy atom. The predicted molar refractivity (Wildman–Crippen MR) is 40.3 cm³/mol. The number of aromatic amines is 1. The first-order valence-corrected chi connectivity index (χ1v) is 3.26. The Hall–Kier alpha value is -1.45. The Kier molecular flexibility index (Phi) is 2.15. The zero-order valence-electron chi connectivity index (χ0n) is 6.24. The molecular formula is C7H10N2O2. The molecule has 1 aromatic heterocycles. The third kappa shape index (κ3) is 2.00. The molecule has 1 amide bonds. The van der Waals surface area contributed by atoms with Gasteiger partial charge in [-0.1, -0.05) is 0 Å². The summed E-state index contributed by atoms with van der Waals surface area (Å²) in [5.74, 6) is 0.